The number of carbonyl (C=O) groups excluding carboxylic acids is 1. The molecular weight excluding hydrogens is 224 g/mol. The number of hydrogen-bond donors (Lipinski definition) is 1. The van der Waals surface area contributed by atoms with Gasteiger partial charge >= 0.3 is 0 Å². The fourth-order valence-electron chi connectivity index (χ4n) is 3.03. The van der Waals surface area contributed by atoms with Crippen LogP contribution in [0.1, 0.15) is 36.3 Å². The van der Waals surface area contributed by atoms with Gasteiger partial charge < -0.3 is 9.78 Å². The molecule has 1 aromatic carbocycles. The van der Waals surface area contributed by atoms with Gasteiger partial charge in [0.1, 0.15) is 12.4 Å². The van der Waals surface area contributed by atoms with E-state index in [0.717, 1.165) is 36.5 Å². The fourth-order valence-corrected chi connectivity index (χ4v) is 3.03. The monoisotopic (exact) mass is 238 g/mol. The average molecular weight is 238 g/mol. The Hall–Kier alpha value is -2.08. The summed E-state index contributed by atoms with van der Waals surface area (Å²) in [4.78, 5) is 14.2. The van der Waals surface area contributed by atoms with E-state index in [0.29, 0.717) is 11.5 Å². The van der Waals surface area contributed by atoms with E-state index in [9.17, 15) is 4.79 Å². The third-order valence-corrected chi connectivity index (χ3v) is 4.00. The molecule has 1 aliphatic carbocycles. The summed E-state index contributed by atoms with van der Waals surface area (Å²) in [5.74, 6) is 0.472. The SMILES string of the molecule is N#Cc1c[nH]c2ccc([C@@H]3CCC[C@H]3C=O)cc12. The van der Waals surface area contributed by atoms with Gasteiger partial charge in [0.15, 0.2) is 0 Å². The number of aromatic amines is 1. The molecular formula is C15H14N2O. The van der Waals surface area contributed by atoms with Crippen LogP contribution in [0.15, 0.2) is 24.4 Å². The summed E-state index contributed by atoms with van der Waals surface area (Å²) in [5, 5.41) is 10.0. The maximum absolute atomic E-state index is 11.1. The van der Waals surface area contributed by atoms with Crippen molar-refractivity contribution in [1.29, 1.82) is 5.26 Å². The quantitative estimate of drug-likeness (QED) is 0.817. The summed E-state index contributed by atoms with van der Waals surface area (Å²) in [6.45, 7) is 0. The number of aldehydes is 1. The van der Waals surface area contributed by atoms with Crippen LogP contribution in [0.25, 0.3) is 10.9 Å². The normalized spacial score (nSPS) is 23.1. The minimum atomic E-state index is 0.145. The standard InChI is InChI=1S/C15H14N2O/c16-7-12-8-17-15-5-4-10(6-14(12)15)13-3-1-2-11(13)9-18/h4-6,8-9,11,13,17H,1-3H2/t11-,13-/m0/s1. The lowest BCUT2D eigenvalue weighted by Gasteiger charge is -2.14. The molecule has 1 aliphatic rings. The van der Waals surface area contributed by atoms with Crippen LogP contribution < -0.4 is 0 Å². The zero-order chi connectivity index (χ0) is 12.5. The van der Waals surface area contributed by atoms with Gasteiger partial charge in [0.25, 0.3) is 0 Å². The number of nitrogens with zero attached hydrogens (tertiary/aromatic N) is 1. The van der Waals surface area contributed by atoms with Crippen LogP contribution in [-0.4, -0.2) is 11.3 Å². The van der Waals surface area contributed by atoms with Crippen LogP contribution in [0.2, 0.25) is 0 Å². The van der Waals surface area contributed by atoms with Gasteiger partial charge in [-0.1, -0.05) is 12.5 Å². The van der Waals surface area contributed by atoms with Crippen molar-refractivity contribution < 1.29 is 4.79 Å². The molecule has 1 fully saturated rings. The number of hydrogen-bond acceptors (Lipinski definition) is 2. The molecule has 2 aromatic rings. The van der Waals surface area contributed by atoms with Crippen molar-refractivity contribution in [1.82, 2.24) is 4.98 Å². The molecule has 0 saturated heterocycles. The predicted molar refractivity (Wildman–Crippen MR) is 69.2 cm³/mol. The Labute approximate surface area is 105 Å². The van der Waals surface area contributed by atoms with Crippen LogP contribution in [0.5, 0.6) is 0 Å². The van der Waals surface area contributed by atoms with Crippen molar-refractivity contribution in [2.45, 2.75) is 25.2 Å². The molecule has 1 saturated carbocycles. The number of nitrogens with one attached hydrogen (secondary N) is 1. The number of fused-ring (bicyclic) bond motifs is 1. The Morgan fingerprint density at radius 2 is 2.28 bits per heavy atom. The Morgan fingerprint density at radius 3 is 3.06 bits per heavy atom. The molecule has 0 radical (unpaired) electrons. The average Bonchev–Trinajstić information content (AvgIpc) is 3.03. The summed E-state index contributed by atoms with van der Waals surface area (Å²) in [6, 6.07) is 8.34. The van der Waals surface area contributed by atoms with Gasteiger partial charge in [-0.05, 0) is 36.5 Å². The molecule has 3 rings (SSSR count). The third-order valence-electron chi connectivity index (χ3n) is 4.00. The molecule has 0 spiro atoms. The first-order valence-electron chi connectivity index (χ1n) is 6.30. The van der Waals surface area contributed by atoms with E-state index in [1.165, 1.54) is 5.56 Å². The van der Waals surface area contributed by atoms with E-state index < -0.39 is 0 Å². The Balaban J connectivity index is 2.07. The molecule has 1 N–H and O–H groups in total. The summed E-state index contributed by atoms with van der Waals surface area (Å²) in [5.41, 5.74) is 2.84. The van der Waals surface area contributed by atoms with Crippen molar-refractivity contribution in [2.24, 2.45) is 5.92 Å². The smallest absolute Gasteiger partial charge is 0.123 e. The maximum Gasteiger partial charge on any atom is 0.123 e. The van der Waals surface area contributed by atoms with Crippen LogP contribution in [0.3, 0.4) is 0 Å². The Kier molecular flexibility index (Phi) is 2.64. The second-order valence-electron chi connectivity index (χ2n) is 4.96. The minimum absolute atomic E-state index is 0.145. The van der Waals surface area contributed by atoms with Crippen molar-refractivity contribution >= 4 is 17.2 Å². The molecule has 3 nitrogen and oxygen atoms in total. The van der Waals surface area contributed by atoms with E-state index in [-0.39, 0.29) is 5.92 Å². The summed E-state index contributed by atoms with van der Waals surface area (Å²) < 4.78 is 0. The lowest BCUT2D eigenvalue weighted by Crippen LogP contribution is -2.07. The molecule has 3 heteroatoms. The largest absolute Gasteiger partial charge is 0.360 e. The number of rotatable bonds is 2. The molecule has 0 unspecified atom stereocenters. The summed E-state index contributed by atoms with van der Waals surface area (Å²) >= 11 is 0. The molecule has 90 valence electrons. The van der Waals surface area contributed by atoms with Crippen molar-refractivity contribution in [3.63, 3.8) is 0 Å². The van der Waals surface area contributed by atoms with Crippen LogP contribution in [0, 0.1) is 17.2 Å². The molecule has 1 heterocycles. The predicted octanol–water partition coefficient (Wildman–Crippen LogP) is 3.12. The first-order valence-corrected chi connectivity index (χ1v) is 6.30. The highest BCUT2D eigenvalue weighted by Crippen LogP contribution is 2.39. The van der Waals surface area contributed by atoms with E-state index in [4.69, 9.17) is 5.26 Å². The summed E-state index contributed by atoms with van der Waals surface area (Å²) in [7, 11) is 0. The zero-order valence-electron chi connectivity index (χ0n) is 10.0. The molecule has 0 aliphatic heterocycles. The van der Waals surface area contributed by atoms with Crippen LogP contribution in [-0.2, 0) is 4.79 Å². The number of H-pyrrole nitrogens is 1. The van der Waals surface area contributed by atoms with Crippen molar-refractivity contribution in [3.8, 4) is 6.07 Å². The van der Waals surface area contributed by atoms with Gasteiger partial charge in [0.2, 0.25) is 0 Å². The van der Waals surface area contributed by atoms with Gasteiger partial charge in [-0.2, -0.15) is 5.26 Å². The van der Waals surface area contributed by atoms with E-state index in [1.54, 1.807) is 6.20 Å². The van der Waals surface area contributed by atoms with Crippen molar-refractivity contribution in [2.75, 3.05) is 0 Å². The number of carbonyl (C=O) groups is 1. The van der Waals surface area contributed by atoms with Crippen LogP contribution >= 0.6 is 0 Å². The van der Waals surface area contributed by atoms with Gasteiger partial charge in [0, 0.05) is 23.0 Å². The van der Waals surface area contributed by atoms with E-state index >= 15 is 0 Å². The molecule has 0 amide bonds. The Bertz CT molecular complexity index is 635. The van der Waals surface area contributed by atoms with Gasteiger partial charge in [0.05, 0.1) is 5.56 Å². The highest BCUT2D eigenvalue weighted by atomic mass is 16.1. The number of aromatic nitrogens is 1. The number of nitriles is 1. The topological polar surface area (TPSA) is 56.6 Å². The zero-order valence-corrected chi connectivity index (χ0v) is 10.0. The van der Waals surface area contributed by atoms with Gasteiger partial charge in [-0.3, -0.25) is 0 Å². The van der Waals surface area contributed by atoms with Gasteiger partial charge in [-0.25, -0.2) is 0 Å². The Morgan fingerprint density at radius 1 is 1.39 bits per heavy atom. The molecule has 1 aromatic heterocycles. The highest BCUT2D eigenvalue weighted by molar-refractivity contribution is 5.86. The second-order valence-corrected chi connectivity index (χ2v) is 4.96. The van der Waals surface area contributed by atoms with Gasteiger partial charge in [-0.15, -0.1) is 0 Å². The molecule has 2 atom stereocenters. The fraction of sp³-hybridized carbons (Fsp3) is 0.333. The number of benzene rings is 1. The minimum Gasteiger partial charge on any atom is -0.360 e. The first-order chi connectivity index (χ1) is 8.83. The van der Waals surface area contributed by atoms with Crippen LogP contribution in [0.4, 0.5) is 0 Å². The third kappa shape index (κ3) is 1.62. The lowest BCUT2D eigenvalue weighted by molar-refractivity contribution is -0.111. The molecule has 0 bridgehead atoms. The van der Waals surface area contributed by atoms with E-state index in [1.807, 2.05) is 6.07 Å². The van der Waals surface area contributed by atoms with Crippen molar-refractivity contribution in [3.05, 3.63) is 35.5 Å². The lowest BCUT2D eigenvalue weighted by atomic mass is 9.89. The first kappa shape index (κ1) is 11.0. The highest BCUT2D eigenvalue weighted by Gasteiger charge is 2.28. The maximum atomic E-state index is 11.1. The van der Waals surface area contributed by atoms with E-state index in [2.05, 4.69) is 23.2 Å². The molecule has 18 heavy (non-hydrogen) atoms. The second kappa shape index (κ2) is 4.30. The summed E-state index contributed by atoms with van der Waals surface area (Å²) in [6.07, 6.45) is 6.00.